The number of nitrogen functional groups attached to an aromatic ring is 1. The Morgan fingerprint density at radius 2 is 2.16 bits per heavy atom. The van der Waals surface area contributed by atoms with E-state index in [2.05, 4.69) is 0 Å². The van der Waals surface area contributed by atoms with Gasteiger partial charge < -0.3 is 16.4 Å². The van der Waals surface area contributed by atoms with Crippen LogP contribution in [0.25, 0.3) is 0 Å². The minimum absolute atomic E-state index is 0.216. The highest BCUT2D eigenvalue weighted by atomic mass is 32.1. The van der Waals surface area contributed by atoms with E-state index in [1.165, 1.54) is 37.0 Å². The number of carbonyl (C=O) groups is 1. The lowest BCUT2D eigenvalue weighted by Crippen LogP contribution is -2.26. The van der Waals surface area contributed by atoms with E-state index in [1.807, 2.05) is 18.0 Å². The van der Waals surface area contributed by atoms with E-state index in [0.29, 0.717) is 21.4 Å². The van der Waals surface area contributed by atoms with Gasteiger partial charge in [-0.1, -0.05) is 12.8 Å². The van der Waals surface area contributed by atoms with Gasteiger partial charge >= 0.3 is 0 Å². The van der Waals surface area contributed by atoms with Crippen molar-refractivity contribution in [1.29, 1.82) is 5.26 Å². The van der Waals surface area contributed by atoms with Crippen molar-refractivity contribution in [2.45, 2.75) is 25.7 Å². The molecule has 6 heteroatoms. The standard InChI is InChI=1S/C13H18N4OS/c1-17(7-8-4-2-3-5-8)13-10(12(16)18)11(15)9(6-14)19-13/h8H,2-5,7,15H2,1H3,(H2,16,18). The number of nitrogens with zero attached hydrogens (tertiary/aromatic N) is 2. The second kappa shape index (κ2) is 5.49. The molecule has 1 aliphatic rings. The van der Waals surface area contributed by atoms with Crippen molar-refractivity contribution in [3.05, 3.63) is 10.4 Å². The summed E-state index contributed by atoms with van der Waals surface area (Å²) in [7, 11) is 1.93. The predicted molar refractivity (Wildman–Crippen MR) is 77.2 cm³/mol. The number of amides is 1. The zero-order valence-corrected chi connectivity index (χ0v) is 11.8. The summed E-state index contributed by atoms with van der Waals surface area (Å²) in [5.41, 5.74) is 11.7. The van der Waals surface area contributed by atoms with Crippen molar-refractivity contribution in [2.75, 3.05) is 24.2 Å². The minimum atomic E-state index is -0.566. The van der Waals surface area contributed by atoms with Gasteiger partial charge in [0.2, 0.25) is 0 Å². The number of anilines is 2. The lowest BCUT2D eigenvalue weighted by Gasteiger charge is -2.22. The Bertz CT molecular complexity index is 525. The summed E-state index contributed by atoms with van der Waals surface area (Å²) in [5.74, 6) is 0.0862. The zero-order chi connectivity index (χ0) is 14.0. The highest BCUT2D eigenvalue weighted by Gasteiger charge is 2.25. The normalized spacial score (nSPS) is 15.4. The van der Waals surface area contributed by atoms with E-state index in [-0.39, 0.29) is 5.69 Å². The first-order chi connectivity index (χ1) is 9.04. The fraction of sp³-hybridized carbons (Fsp3) is 0.538. The number of nitriles is 1. The van der Waals surface area contributed by atoms with Crippen molar-refractivity contribution in [3.63, 3.8) is 0 Å². The molecule has 1 saturated carbocycles. The molecule has 1 aromatic rings. The first-order valence-electron chi connectivity index (χ1n) is 6.38. The van der Waals surface area contributed by atoms with Gasteiger partial charge in [0.15, 0.2) is 0 Å². The number of rotatable bonds is 4. The molecule has 1 heterocycles. The molecule has 2 rings (SSSR count). The number of primary amides is 1. The predicted octanol–water partition coefficient (Wildman–Crippen LogP) is 1.93. The van der Waals surface area contributed by atoms with Crippen LogP contribution in [0, 0.1) is 17.2 Å². The zero-order valence-electron chi connectivity index (χ0n) is 11.0. The van der Waals surface area contributed by atoms with E-state index < -0.39 is 5.91 Å². The Morgan fingerprint density at radius 3 is 2.68 bits per heavy atom. The Morgan fingerprint density at radius 1 is 1.53 bits per heavy atom. The van der Waals surface area contributed by atoms with Crippen LogP contribution in [0.2, 0.25) is 0 Å². The van der Waals surface area contributed by atoms with Crippen LogP contribution < -0.4 is 16.4 Å². The Labute approximate surface area is 116 Å². The summed E-state index contributed by atoms with van der Waals surface area (Å²) in [6, 6.07) is 2.02. The molecule has 0 radical (unpaired) electrons. The molecule has 0 bridgehead atoms. The molecular weight excluding hydrogens is 260 g/mol. The molecule has 1 aromatic heterocycles. The highest BCUT2D eigenvalue weighted by Crippen LogP contribution is 2.38. The Hall–Kier alpha value is -1.74. The molecule has 0 aliphatic heterocycles. The van der Waals surface area contributed by atoms with E-state index in [1.54, 1.807) is 0 Å². The van der Waals surface area contributed by atoms with Crippen LogP contribution in [0.3, 0.4) is 0 Å². The number of thiophene rings is 1. The molecule has 102 valence electrons. The third-order valence-corrected chi connectivity index (χ3v) is 4.85. The average molecular weight is 278 g/mol. The van der Waals surface area contributed by atoms with Crippen molar-refractivity contribution in [3.8, 4) is 6.07 Å². The van der Waals surface area contributed by atoms with Gasteiger partial charge in [-0.3, -0.25) is 4.79 Å². The van der Waals surface area contributed by atoms with E-state index in [9.17, 15) is 4.79 Å². The van der Waals surface area contributed by atoms with E-state index >= 15 is 0 Å². The van der Waals surface area contributed by atoms with Crippen LogP contribution in [0.4, 0.5) is 10.7 Å². The fourth-order valence-corrected chi connectivity index (χ4v) is 3.68. The van der Waals surface area contributed by atoms with Crippen LogP contribution in [0.1, 0.15) is 40.9 Å². The van der Waals surface area contributed by atoms with Gasteiger partial charge in [-0.15, -0.1) is 11.3 Å². The second-order valence-corrected chi connectivity index (χ2v) is 6.03. The lowest BCUT2D eigenvalue weighted by molar-refractivity contribution is 0.100. The van der Waals surface area contributed by atoms with Crippen molar-refractivity contribution < 1.29 is 4.79 Å². The minimum Gasteiger partial charge on any atom is -0.396 e. The lowest BCUT2D eigenvalue weighted by atomic mass is 10.1. The molecule has 1 fully saturated rings. The summed E-state index contributed by atoms with van der Waals surface area (Å²) in [5, 5.41) is 9.73. The molecule has 5 nitrogen and oxygen atoms in total. The summed E-state index contributed by atoms with van der Waals surface area (Å²) in [4.78, 5) is 13.9. The van der Waals surface area contributed by atoms with Crippen LogP contribution in [-0.4, -0.2) is 19.5 Å². The monoisotopic (exact) mass is 278 g/mol. The summed E-state index contributed by atoms with van der Waals surface area (Å²) < 4.78 is 0. The molecule has 0 aromatic carbocycles. The summed E-state index contributed by atoms with van der Waals surface area (Å²) >= 11 is 1.24. The maximum atomic E-state index is 11.5. The Kier molecular flexibility index (Phi) is 3.96. The molecular formula is C13H18N4OS. The Balaban J connectivity index is 2.27. The molecule has 0 unspecified atom stereocenters. The van der Waals surface area contributed by atoms with Crippen molar-refractivity contribution >= 4 is 27.9 Å². The summed E-state index contributed by atoms with van der Waals surface area (Å²) in [6.07, 6.45) is 5.00. The largest absolute Gasteiger partial charge is 0.396 e. The molecule has 19 heavy (non-hydrogen) atoms. The smallest absolute Gasteiger partial charge is 0.253 e. The quantitative estimate of drug-likeness (QED) is 0.879. The first-order valence-corrected chi connectivity index (χ1v) is 7.19. The number of hydrogen-bond acceptors (Lipinski definition) is 5. The van der Waals surface area contributed by atoms with Gasteiger partial charge in [-0.25, -0.2) is 0 Å². The van der Waals surface area contributed by atoms with Gasteiger partial charge in [-0.05, 0) is 18.8 Å². The number of hydrogen-bond donors (Lipinski definition) is 2. The molecule has 1 amide bonds. The molecule has 0 spiro atoms. The molecule has 0 saturated heterocycles. The third-order valence-electron chi connectivity index (χ3n) is 3.63. The van der Waals surface area contributed by atoms with Gasteiger partial charge in [0.1, 0.15) is 15.9 Å². The molecule has 0 atom stereocenters. The van der Waals surface area contributed by atoms with Gasteiger partial charge in [0.05, 0.1) is 11.3 Å². The maximum absolute atomic E-state index is 11.5. The van der Waals surface area contributed by atoms with Gasteiger partial charge in [0.25, 0.3) is 5.91 Å². The van der Waals surface area contributed by atoms with Crippen LogP contribution in [0.5, 0.6) is 0 Å². The maximum Gasteiger partial charge on any atom is 0.253 e. The van der Waals surface area contributed by atoms with Gasteiger partial charge in [0, 0.05) is 13.6 Å². The van der Waals surface area contributed by atoms with E-state index in [4.69, 9.17) is 16.7 Å². The van der Waals surface area contributed by atoms with Crippen LogP contribution in [-0.2, 0) is 0 Å². The highest BCUT2D eigenvalue weighted by molar-refractivity contribution is 7.17. The van der Waals surface area contributed by atoms with Crippen LogP contribution >= 0.6 is 11.3 Å². The van der Waals surface area contributed by atoms with Gasteiger partial charge in [-0.2, -0.15) is 5.26 Å². The van der Waals surface area contributed by atoms with Crippen LogP contribution in [0.15, 0.2) is 0 Å². The second-order valence-electron chi connectivity index (χ2n) is 5.03. The number of carbonyl (C=O) groups excluding carboxylic acids is 1. The number of nitrogens with two attached hydrogens (primary N) is 2. The summed E-state index contributed by atoms with van der Waals surface area (Å²) in [6.45, 7) is 0.880. The topological polar surface area (TPSA) is 96.1 Å². The van der Waals surface area contributed by atoms with E-state index in [0.717, 1.165) is 6.54 Å². The fourth-order valence-electron chi connectivity index (χ4n) is 2.68. The molecule has 4 N–H and O–H groups in total. The molecule has 1 aliphatic carbocycles. The average Bonchev–Trinajstić information content (AvgIpc) is 2.96. The third kappa shape index (κ3) is 2.66. The first kappa shape index (κ1) is 13.7. The van der Waals surface area contributed by atoms with Crippen molar-refractivity contribution in [2.24, 2.45) is 11.7 Å². The van der Waals surface area contributed by atoms with Crippen molar-refractivity contribution in [1.82, 2.24) is 0 Å². The SMILES string of the molecule is CN(CC1CCCC1)c1sc(C#N)c(N)c1C(N)=O.